The van der Waals surface area contributed by atoms with Crippen molar-refractivity contribution in [1.29, 1.82) is 0 Å². The topological polar surface area (TPSA) is 75.3 Å². The monoisotopic (exact) mass is 466 g/mol. The summed E-state index contributed by atoms with van der Waals surface area (Å²) >= 11 is 1.17. The van der Waals surface area contributed by atoms with Crippen molar-refractivity contribution in [3.8, 4) is 0 Å². The van der Waals surface area contributed by atoms with Gasteiger partial charge in [-0.05, 0) is 44.5 Å². The van der Waals surface area contributed by atoms with Crippen LogP contribution in [0.5, 0.6) is 0 Å². The van der Waals surface area contributed by atoms with Gasteiger partial charge in [0.05, 0.1) is 0 Å². The number of carbonyl (C=O) groups is 3. The van der Waals surface area contributed by atoms with E-state index in [4.69, 9.17) is 0 Å². The molecule has 1 atom stereocenters. The minimum Gasteiger partial charge on any atom is -0.341 e. The average molecular weight is 467 g/mol. The fraction of sp³-hybridized carbons (Fsp3) is 0.296. The molecule has 0 radical (unpaired) electrons. The summed E-state index contributed by atoms with van der Waals surface area (Å²) in [6, 6.07) is 13.9. The molecule has 1 unspecified atom stereocenters. The molecule has 0 aliphatic rings. The van der Waals surface area contributed by atoms with Crippen molar-refractivity contribution in [2.45, 2.75) is 47.1 Å². The van der Waals surface area contributed by atoms with E-state index in [-0.39, 0.29) is 11.0 Å². The van der Waals surface area contributed by atoms with Crippen LogP contribution in [0.15, 0.2) is 66.8 Å². The van der Waals surface area contributed by atoms with Crippen molar-refractivity contribution in [3.63, 3.8) is 0 Å². The Morgan fingerprint density at radius 2 is 1.70 bits per heavy atom. The Hall–Kier alpha value is -3.12. The quantitative estimate of drug-likeness (QED) is 0.332. The lowest BCUT2D eigenvalue weighted by Crippen LogP contribution is -2.40. The summed E-state index contributed by atoms with van der Waals surface area (Å²) < 4.78 is 0. The van der Waals surface area contributed by atoms with Crippen LogP contribution in [-0.4, -0.2) is 29.2 Å². The summed E-state index contributed by atoms with van der Waals surface area (Å²) in [5.41, 5.74) is 3.90. The van der Waals surface area contributed by atoms with E-state index in [1.807, 2.05) is 83.2 Å². The van der Waals surface area contributed by atoms with Crippen LogP contribution in [0.4, 0.5) is 5.69 Å². The van der Waals surface area contributed by atoms with Crippen molar-refractivity contribution >= 4 is 40.5 Å². The lowest BCUT2D eigenvalue weighted by atomic mass is 9.97. The van der Waals surface area contributed by atoms with E-state index in [9.17, 15) is 14.4 Å². The zero-order valence-electron chi connectivity index (χ0n) is 20.1. The van der Waals surface area contributed by atoms with Crippen LogP contribution in [0.1, 0.15) is 55.6 Å². The van der Waals surface area contributed by atoms with Gasteiger partial charge < -0.3 is 10.6 Å². The van der Waals surface area contributed by atoms with Gasteiger partial charge in [-0.15, -0.1) is 0 Å². The smallest absolute Gasteiger partial charge is 0.251 e. The molecule has 0 aromatic heterocycles. The largest absolute Gasteiger partial charge is 0.341 e. The maximum Gasteiger partial charge on any atom is 0.251 e. The number of amides is 2. The molecular weight excluding hydrogens is 432 g/mol. The molecule has 0 aliphatic carbocycles. The fourth-order valence-electron chi connectivity index (χ4n) is 3.02. The van der Waals surface area contributed by atoms with Gasteiger partial charge in [0.15, 0.2) is 0 Å². The minimum atomic E-state index is -0.709. The summed E-state index contributed by atoms with van der Waals surface area (Å²) in [5.74, 6) is 0.250. The van der Waals surface area contributed by atoms with Gasteiger partial charge in [0.1, 0.15) is 6.04 Å². The third kappa shape index (κ3) is 9.10. The number of thioether (sulfide) groups is 1. The predicted molar refractivity (Wildman–Crippen MR) is 140 cm³/mol. The molecular formula is C27H34N2O3S. The van der Waals surface area contributed by atoms with Crippen molar-refractivity contribution in [2.75, 3.05) is 11.1 Å². The van der Waals surface area contributed by atoms with Gasteiger partial charge in [0, 0.05) is 29.0 Å². The fourth-order valence-corrected chi connectivity index (χ4v) is 3.82. The minimum absolute atomic E-state index is 0.112. The van der Waals surface area contributed by atoms with Crippen molar-refractivity contribution in [2.24, 2.45) is 0 Å². The number of benzene rings is 2. The van der Waals surface area contributed by atoms with E-state index < -0.39 is 6.04 Å². The molecule has 0 aliphatic heterocycles. The molecule has 5 nitrogen and oxygen atoms in total. The first-order valence-electron chi connectivity index (χ1n) is 11.1. The summed E-state index contributed by atoms with van der Waals surface area (Å²) in [4.78, 5) is 36.7. The third-order valence-electron chi connectivity index (χ3n) is 4.72. The highest BCUT2D eigenvalue weighted by atomic mass is 32.2. The highest BCUT2D eigenvalue weighted by Crippen LogP contribution is 2.28. The van der Waals surface area contributed by atoms with E-state index in [0.717, 1.165) is 16.7 Å². The summed E-state index contributed by atoms with van der Waals surface area (Å²) in [5, 5.41) is 5.49. The second-order valence-electron chi connectivity index (χ2n) is 6.92. The number of anilines is 1. The van der Waals surface area contributed by atoms with Gasteiger partial charge in [-0.25, -0.2) is 0 Å². The molecule has 0 heterocycles. The molecule has 2 amide bonds. The molecule has 6 heteroatoms. The number of para-hydroxylation sites is 1. The Bertz CT molecular complexity index is 966. The van der Waals surface area contributed by atoms with Crippen molar-refractivity contribution < 1.29 is 14.4 Å². The van der Waals surface area contributed by atoms with E-state index >= 15 is 0 Å². The van der Waals surface area contributed by atoms with Crippen LogP contribution in [0, 0.1) is 6.92 Å². The lowest BCUT2D eigenvalue weighted by Gasteiger charge is -2.20. The summed E-state index contributed by atoms with van der Waals surface area (Å²) in [7, 11) is 0. The second-order valence-corrected chi connectivity index (χ2v) is 7.94. The van der Waals surface area contributed by atoms with Gasteiger partial charge >= 0.3 is 0 Å². The van der Waals surface area contributed by atoms with E-state index in [1.165, 1.54) is 11.8 Å². The van der Waals surface area contributed by atoms with Crippen LogP contribution < -0.4 is 10.6 Å². The zero-order valence-corrected chi connectivity index (χ0v) is 20.9. The Balaban J connectivity index is 0.00000265. The standard InChI is InChI=1S/C25H28N2O3S.C2H6/c1-4-6-15-31-25(30)23(27-24(29)20-13-11-18(3)12-14-20)16-19(5-2)21-9-7-8-10-22(21)26-17-28;1-2/h4-14,17,23H,15-16H2,1-3H3,(H,26,28)(H,27,29);1-2H3/b6-4+,19-5-;. The number of hydrogen-bond acceptors (Lipinski definition) is 4. The van der Waals surface area contributed by atoms with Crippen LogP contribution in [-0.2, 0) is 9.59 Å². The summed E-state index contributed by atoms with van der Waals surface area (Å²) in [6.07, 6.45) is 6.63. The first-order valence-corrected chi connectivity index (χ1v) is 12.1. The van der Waals surface area contributed by atoms with E-state index in [0.29, 0.717) is 29.8 Å². The SMILES string of the molecule is C/C=C(/CC(NC(=O)c1ccc(C)cc1)C(=O)SC/C=C/C)c1ccccc1NC=O.CC. The molecule has 2 aromatic carbocycles. The first-order chi connectivity index (χ1) is 16.0. The number of hydrogen-bond donors (Lipinski definition) is 2. The lowest BCUT2D eigenvalue weighted by molar-refractivity contribution is -0.112. The van der Waals surface area contributed by atoms with Gasteiger partial charge in [0.2, 0.25) is 11.5 Å². The Labute approximate surface area is 201 Å². The molecule has 0 fully saturated rings. The number of carbonyl (C=O) groups excluding carboxylic acids is 3. The molecule has 0 spiro atoms. The summed E-state index contributed by atoms with van der Waals surface area (Å²) in [6.45, 7) is 9.73. The highest BCUT2D eigenvalue weighted by molar-refractivity contribution is 8.13. The van der Waals surface area contributed by atoms with Gasteiger partial charge in [-0.3, -0.25) is 14.4 Å². The maximum absolute atomic E-state index is 12.9. The predicted octanol–water partition coefficient (Wildman–Crippen LogP) is 6.02. The van der Waals surface area contributed by atoms with Gasteiger partial charge in [-0.1, -0.05) is 79.7 Å². The average Bonchev–Trinajstić information content (AvgIpc) is 2.84. The Morgan fingerprint density at radius 3 is 2.30 bits per heavy atom. The number of nitrogens with one attached hydrogen (secondary N) is 2. The number of rotatable bonds is 10. The second kappa shape index (κ2) is 15.6. The molecule has 0 saturated heterocycles. The molecule has 2 aromatic rings. The molecule has 0 saturated carbocycles. The molecule has 2 rings (SSSR count). The first kappa shape index (κ1) is 27.9. The van der Waals surface area contributed by atoms with Crippen LogP contribution >= 0.6 is 11.8 Å². The number of aryl methyl sites for hydroxylation is 1. The molecule has 33 heavy (non-hydrogen) atoms. The Morgan fingerprint density at radius 1 is 1.03 bits per heavy atom. The normalized spacial score (nSPS) is 11.8. The molecule has 2 N–H and O–H groups in total. The van der Waals surface area contributed by atoms with Crippen LogP contribution in [0.25, 0.3) is 5.57 Å². The van der Waals surface area contributed by atoms with Crippen LogP contribution in [0.3, 0.4) is 0 Å². The van der Waals surface area contributed by atoms with Crippen LogP contribution in [0.2, 0.25) is 0 Å². The van der Waals surface area contributed by atoms with E-state index in [2.05, 4.69) is 10.6 Å². The molecule has 176 valence electrons. The number of allylic oxidation sites excluding steroid dienone is 2. The van der Waals surface area contributed by atoms with Gasteiger partial charge in [0.25, 0.3) is 5.91 Å². The van der Waals surface area contributed by atoms with Crippen molar-refractivity contribution in [3.05, 3.63) is 83.4 Å². The highest BCUT2D eigenvalue weighted by Gasteiger charge is 2.24. The molecule has 0 bridgehead atoms. The maximum atomic E-state index is 12.9. The third-order valence-corrected chi connectivity index (χ3v) is 5.65. The van der Waals surface area contributed by atoms with Crippen molar-refractivity contribution in [1.82, 2.24) is 5.32 Å². The van der Waals surface area contributed by atoms with Gasteiger partial charge in [-0.2, -0.15) is 0 Å². The van der Waals surface area contributed by atoms with E-state index in [1.54, 1.807) is 18.2 Å². The zero-order chi connectivity index (χ0) is 24.6. The Kier molecular flexibility index (Phi) is 13.2.